The Bertz CT molecular complexity index is 639. The van der Waals surface area contributed by atoms with Gasteiger partial charge in [-0.2, -0.15) is 0 Å². The van der Waals surface area contributed by atoms with E-state index in [0.29, 0.717) is 18.8 Å². The monoisotopic (exact) mass is 433 g/mol. The van der Waals surface area contributed by atoms with Crippen LogP contribution in [0.5, 0.6) is 0 Å². The number of aliphatic imine (C=N–C) groups is 1. The lowest BCUT2D eigenvalue weighted by molar-refractivity contribution is -0.0390. The molecule has 2 fully saturated rings. The van der Waals surface area contributed by atoms with Gasteiger partial charge in [-0.1, -0.05) is 24.3 Å². The van der Waals surface area contributed by atoms with Crippen molar-refractivity contribution in [3.63, 3.8) is 0 Å². The van der Waals surface area contributed by atoms with Crippen molar-refractivity contribution in [3.8, 4) is 0 Å². The van der Waals surface area contributed by atoms with E-state index < -0.39 is 0 Å². The van der Waals surface area contributed by atoms with E-state index >= 15 is 0 Å². The summed E-state index contributed by atoms with van der Waals surface area (Å²) in [5, 5.41) is 3.51. The fourth-order valence-electron chi connectivity index (χ4n) is 4.01. The first-order valence-electron chi connectivity index (χ1n) is 11.6. The highest BCUT2D eigenvalue weighted by Gasteiger charge is 2.21. The number of hydrogen-bond acceptors (Lipinski definition) is 5. The number of piperidine rings is 1. The first-order chi connectivity index (χ1) is 15.3. The zero-order valence-electron chi connectivity index (χ0n) is 19.2. The number of ether oxygens (including phenoxy) is 4. The molecule has 2 saturated heterocycles. The van der Waals surface area contributed by atoms with Crippen LogP contribution in [0.4, 0.5) is 0 Å². The molecule has 2 heterocycles. The number of hydrogen-bond donors (Lipinski definition) is 1. The molecule has 31 heavy (non-hydrogen) atoms. The maximum atomic E-state index is 6.01. The fourth-order valence-corrected chi connectivity index (χ4v) is 4.01. The molecule has 0 bridgehead atoms. The summed E-state index contributed by atoms with van der Waals surface area (Å²) in [5.41, 5.74) is 2.46. The zero-order valence-corrected chi connectivity index (χ0v) is 19.2. The van der Waals surface area contributed by atoms with Gasteiger partial charge in [-0.15, -0.1) is 0 Å². The molecule has 3 rings (SSSR count). The van der Waals surface area contributed by atoms with Gasteiger partial charge < -0.3 is 29.2 Å². The average Bonchev–Trinajstić information content (AvgIpc) is 2.83. The number of rotatable bonds is 10. The second-order valence-electron chi connectivity index (χ2n) is 8.24. The van der Waals surface area contributed by atoms with E-state index in [-0.39, 0.29) is 0 Å². The molecule has 1 aromatic rings. The topological polar surface area (TPSA) is 64.6 Å². The molecule has 174 valence electrons. The summed E-state index contributed by atoms with van der Waals surface area (Å²) < 4.78 is 22.4. The van der Waals surface area contributed by atoms with Gasteiger partial charge in [-0.3, -0.25) is 4.99 Å². The summed E-state index contributed by atoms with van der Waals surface area (Å²) in [6.07, 6.45) is 5.71. The Balaban J connectivity index is 1.35. The molecule has 0 aliphatic carbocycles. The van der Waals surface area contributed by atoms with Crippen molar-refractivity contribution < 1.29 is 18.9 Å². The van der Waals surface area contributed by atoms with Crippen molar-refractivity contribution in [3.05, 3.63) is 35.4 Å². The first kappa shape index (κ1) is 24.0. The van der Waals surface area contributed by atoms with Gasteiger partial charge in [0.15, 0.2) is 5.96 Å². The normalized spacial score (nSPS) is 19.0. The summed E-state index contributed by atoms with van der Waals surface area (Å²) in [6.45, 7) is 6.55. The van der Waals surface area contributed by atoms with Gasteiger partial charge in [0, 0.05) is 60.2 Å². The van der Waals surface area contributed by atoms with E-state index in [4.69, 9.17) is 18.9 Å². The number of methoxy groups -OCH3 is 1. The summed E-state index contributed by atoms with van der Waals surface area (Å²) >= 11 is 0. The third-order valence-corrected chi connectivity index (χ3v) is 5.93. The van der Waals surface area contributed by atoms with Crippen LogP contribution in [-0.2, 0) is 32.1 Å². The Morgan fingerprint density at radius 1 is 1.00 bits per heavy atom. The zero-order chi connectivity index (χ0) is 21.7. The van der Waals surface area contributed by atoms with Crippen LogP contribution in [0.15, 0.2) is 29.3 Å². The fraction of sp³-hybridized carbons (Fsp3) is 0.708. The van der Waals surface area contributed by atoms with Crippen molar-refractivity contribution >= 4 is 5.96 Å². The summed E-state index contributed by atoms with van der Waals surface area (Å²) in [7, 11) is 3.58. The maximum Gasteiger partial charge on any atom is 0.193 e. The Hall–Kier alpha value is -1.67. The molecule has 0 aromatic heterocycles. The van der Waals surface area contributed by atoms with E-state index in [1.54, 1.807) is 7.11 Å². The molecule has 0 saturated carbocycles. The molecule has 1 N–H and O–H groups in total. The highest BCUT2D eigenvalue weighted by Crippen LogP contribution is 2.16. The van der Waals surface area contributed by atoms with Crippen molar-refractivity contribution in [2.75, 3.05) is 53.7 Å². The van der Waals surface area contributed by atoms with Crippen LogP contribution in [0.2, 0.25) is 0 Å². The molecule has 1 aromatic carbocycles. The predicted molar refractivity (Wildman–Crippen MR) is 122 cm³/mol. The second-order valence-corrected chi connectivity index (χ2v) is 8.24. The third-order valence-electron chi connectivity index (χ3n) is 5.93. The van der Waals surface area contributed by atoms with Gasteiger partial charge in [0.25, 0.3) is 0 Å². The molecular weight excluding hydrogens is 394 g/mol. The Labute approximate surface area is 187 Å². The minimum atomic E-state index is 0.332. The van der Waals surface area contributed by atoms with Gasteiger partial charge in [-0.25, -0.2) is 0 Å². The van der Waals surface area contributed by atoms with Crippen LogP contribution in [0.1, 0.15) is 43.2 Å². The Morgan fingerprint density at radius 3 is 2.35 bits per heavy atom. The smallest absolute Gasteiger partial charge is 0.193 e. The number of likely N-dealkylation sites (tertiary alicyclic amines) is 1. The minimum Gasteiger partial charge on any atom is -0.385 e. The van der Waals surface area contributed by atoms with Crippen LogP contribution in [0.3, 0.4) is 0 Å². The van der Waals surface area contributed by atoms with E-state index in [1.807, 2.05) is 7.05 Å². The van der Waals surface area contributed by atoms with Crippen molar-refractivity contribution in [1.29, 1.82) is 0 Å². The van der Waals surface area contributed by atoms with Gasteiger partial charge in [0.1, 0.15) is 0 Å². The lowest BCUT2D eigenvalue weighted by atomic mass is 10.1. The van der Waals surface area contributed by atoms with Crippen LogP contribution >= 0.6 is 0 Å². The molecule has 2 aliphatic rings. The van der Waals surface area contributed by atoms with Crippen molar-refractivity contribution in [2.45, 2.75) is 57.5 Å². The standard InChI is InChI=1S/C24H39N3O4/c1-25-24(27-12-8-22(9-13-27)30-15-3-14-28-2)26-18-20-4-6-21(7-5-20)19-31-23-10-16-29-17-11-23/h4-7,22-23H,3,8-19H2,1-2H3,(H,25,26). The number of benzene rings is 1. The van der Waals surface area contributed by atoms with E-state index in [9.17, 15) is 0 Å². The van der Waals surface area contributed by atoms with Crippen LogP contribution < -0.4 is 5.32 Å². The number of guanidine groups is 1. The molecular formula is C24H39N3O4. The van der Waals surface area contributed by atoms with E-state index in [2.05, 4.69) is 39.5 Å². The molecule has 7 nitrogen and oxygen atoms in total. The minimum absolute atomic E-state index is 0.332. The lowest BCUT2D eigenvalue weighted by Gasteiger charge is -2.34. The molecule has 0 atom stereocenters. The van der Waals surface area contributed by atoms with Gasteiger partial charge in [0.05, 0.1) is 18.8 Å². The van der Waals surface area contributed by atoms with E-state index in [1.165, 1.54) is 11.1 Å². The average molecular weight is 434 g/mol. The summed E-state index contributed by atoms with van der Waals surface area (Å²) in [6, 6.07) is 8.66. The van der Waals surface area contributed by atoms with Crippen LogP contribution in [0, 0.1) is 0 Å². The van der Waals surface area contributed by atoms with E-state index in [0.717, 1.165) is 84.1 Å². The number of nitrogens with zero attached hydrogens (tertiary/aromatic N) is 2. The highest BCUT2D eigenvalue weighted by molar-refractivity contribution is 5.79. The van der Waals surface area contributed by atoms with Crippen molar-refractivity contribution in [2.24, 2.45) is 4.99 Å². The Morgan fingerprint density at radius 2 is 1.68 bits per heavy atom. The van der Waals surface area contributed by atoms with Gasteiger partial charge in [-0.05, 0) is 43.2 Å². The molecule has 0 unspecified atom stereocenters. The van der Waals surface area contributed by atoms with Gasteiger partial charge >= 0.3 is 0 Å². The second kappa shape index (κ2) is 13.7. The first-order valence-corrected chi connectivity index (χ1v) is 11.6. The summed E-state index contributed by atoms with van der Waals surface area (Å²) in [4.78, 5) is 6.81. The largest absolute Gasteiger partial charge is 0.385 e. The number of nitrogens with one attached hydrogen (secondary N) is 1. The lowest BCUT2D eigenvalue weighted by Crippen LogP contribution is -2.46. The molecule has 0 radical (unpaired) electrons. The molecule has 7 heteroatoms. The SMILES string of the molecule is CN=C(NCc1ccc(COC2CCOCC2)cc1)N1CCC(OCCCOC)CC1. The predicted octanol–water partition coefficient (Wildman–Crippen LogP) is 2.98. The quantitative estimate of drug-likeness (QED) is 0.348. The van der Waals surface area contributed by atoms with Crippen LogP contribution in [-0.4, -0.2) is 76.7 Å². The molecule has 0 amide bonds. The van der Waals surface area contributed by atoms with Crippen LogP contribution in [0.25, 0.3) is 0 Å². The highest BCUT2D eigenvalue weighted by atomic mass is 16.5. The third kappa shape index (κ3) is 8.41. The summed E-state index contributed by atoms with van der Waals surface area (Å²) in [5.74, 6) is 0.963. The van der Waals surface area contributed by atoms with Gasteiger partial charge in [0.2, 0.25) is 0 Å². The Kier molecular flexibility index (Phi) is 10.6. The maximum absolute atomic E-state index is 6.01. The molecule has 0 spiro atoms. The molecule has 2 aliphatic heterocycles. The van der Waals surface area contributed by atoms with Crippen molar-refractivity contribution in [1.82, 2.24) is 10.2 Å².